The second kappa shape index (κ2) is 5.90. The first-order chi connectivity index (χ1) is 8.99. The first-order valence-electron chi connectivity index (χ1n) is 6.61. The van der Waals surface area contributed by atoms with E-state index in [9.17, 15) is 8.42 Å². The second-order valence-electron chi connectivity index (χ2n) is 4.95. The third kappa shape index (κ3) is 3.92. The molecule has 0 aliphatic carbocycles. The summed E-state index contributed by atoms with van der Waals surface area (Å²) in [5.41, 5.74) is 0.940. The number of hydrogen-bond donors (Lipinski definition) is 2. The molecule has 1 aliphatic rings. The van der Waals surface area contributed by atoms with E-state index in [0.29, 0.717) is 6.04 Å². The topological polar surface area (TPSA) is 75.4 Å². The van der Waals surface area contributed by atoms with Crippen LogP contribution in [0.15, 0.2) is 29.2 Å². The Hall–Kier alpha value is -1.11. The SMILES string of the molecule is CCN1CCCC(Nc2ccc(S(N)(=O)=O)cc2)C1. The molecule has 1 aliphatic heterocycles. The highest BCUT2D eigenvalue weighted by Crippen LogP contribution is 2.17. The van der Waals surface area contributed by atoms with E-state index in [1.54, 1.807) is 12.1 Å². The first-order valence-corrected chi connectivity index (χ1v) is 8.15. The summed E-state index contributed by atoms with van der Waals surface area (Å²) in [6.07, 6.45) is 2.34. The Kier molecular flexibility index (Phi) is 4.44. The molecule has 0 aromatic heterocycles. The van der Waals surface area contributed by atoms with Crippen molar-refractivity contribution in [1.82, 2.24) is 4.90 Å². The normalized spacial score (nSPS) is 21.3. The van der Waals surface area contributed by atoms with Gasteiger partial charge < -0.3 is 10.2 Å². The van der Waals surface area contributed by atoms with Crippen LogP contribution in [-0.2, 0) is 10.0 Å². The van der Waals surface area contributed by atoms with Crippen molar-refractivity contribution in [3.8, 4) is 0 Å². The number of likely N-dealkylation sites (tertiary alicyclic amines) is 1. The van der Waals surface area contributed by atoms with E-state index in [4.69, 9.17) is 5.14 Å². The summed E-state index contributed by atoms with van der Waals surface area (Å²) in [6, 6.07) is 7.04. The van der Waals surface area contributed by atoms with Gasteiger partial charge in [0.05, 0.1) is 4.90 Å². The third-order valence-corrected chi connectivity index (χ3v) is 4.44. The molecule has 0 bridgehead atoms. The molecule has 1 aromatic carbocycles. The van der Waals surface area contributed by atoms with Crippen LogP contribution in [0.3, 0.4) is 0 Å². The van der Waals surface area contributed by atoms with Gasteiger partial charge in [-0.25, -0.2) is 13.6 Å². The Morgan fingerprint density at radius 2 is 2.05 bits per heavy atom. The van der Waals surface area contributed by atoms with Crippen molar-refractivity contribution in [2.45, 2.75) is 30.7 Å². The number of hydrogen-bond acceptors (Lipinski definition) is 4. The van der Waals surface area contributed by atoms with Crippen molar-refractivity contribution in [3.05, 3.63) is 24.3 Å². The lowest BCUT2D eigenvalue weighted by atomic mass is 10.1. The number of nitrogens with zero attached hydrogens (tertiary/aromatic N) is 1. The molecule has 106 valence electrons. The maximum atomic E-state index is 11.2. The Morgan fingerprint density at radius 3 is 2.63 bits per heavy atom. The van der Waals surface area contributed by atoms with Crippen LogP contribution in [0.1, 0.15) is 19.8 Å². The van der Waals surface area contributed by atoms with Crippen molar-refractivity contribution in [3.63, 3.8) is 0 Å². The zero-order chi connectivity index (χ0) is 13.9. The number of likely N-dealkylation sites (N-methyl/N-ethyl adjacent to an activating group) is 1. The van der Waals surface area contributed by atoms with E-state index in [-0.39, 0.29) is 4.90 Å². The van der Waals surface area contributed by atoms with Crippen molar-refractivity contribution in [1.29, 1.82) is 0 Å². The third-order valence-electron chi connectivity index (χ3n) is 3.51. The van der Waals surface area contributed by atoms with Crippen molar-refractivity contribution in [2.24, 2.45) is 5.14 Å². The Balaban J connectivity index is 2.00. The molecule has 0 amide bonds. The highest BCUT2D eigenvalue weighted by molar-refractivity contribution is 7.89. The molecule has 1 unspecified atom stereocenters. The Labute approximate surface area is 114 Å². The largest absolute Gasteiger partial charge is 0.381 e. The van der Waals surface area contributed by atoms with Gasteiger partial charge in [0.15, 0.2) is 0 Å². The van der Waals surface area contributed by atoms with Gasteiger partial charge in [0.25, 0.3) is 0 Å². The summed E-state index contributed by atoms with van der Waals surface area (Å²) in [7, 11) is -3.60. The fourth-order valence-corrected chi connectivity index (χ4v) is 2.95. The van der Waals surface area contributed by atoms with E-state index < -0.39 is 10.0 Å². The van der Waals surface area contributed by atoms with Crippen LogP contribution in [0.4, 0.5) is 5.69 Å². The summed E-state index contributed by atoms with van der Waals surface area (Å²) in [5.74, 6) is 0. The minimum Gasteiger partial charge on any atom is -0.381 e. The quantitative estimate of drug-likeness (QED) is 0.871. The van der Waals surface area contributed by atoms with Crippen LogP contribution >= 0.6 is 0 Å². The summed E-state index contributed by atoms with van der Waals surface area (Å²) in [5, 5.41) is 8.52. The second-order valence-corrected chi connectivity index (χ2v) is 6.51. The molecule has 1 atom stereocenters. The highest BCUT2D eigenvalue weighted by atomic mass is 32.2. The number of primary sulfonamides is 1. The maximum absolute atomic E-state index is 11.2. The number of rotatable bonds is 4. The molecule has 5 nitrogen and oxygen atoms in total. The number of sulfonamides is 1. The fraction of sp³-hybridized carbons (Fsp3) is 0.538. The molecule has 1 saturated heterocycles. The molecule has 1 aromatic rings. The molecule has 1 fully saturated rings. The van der Waals surface area contributed by atoms with Gasteiger partial charge in [-0.1, -0.05) is 6.92 Å². The predicted octanol–water partition coefficient (Wildman–Crippen LogP) is 1.23. The molecule has 3 N–H and O–H groups in total. The number of nitrogens with one attached hydrogen (secondary N) is 1. The zero-order valence-corrected chi connectivity index (χ0v) is 12.0. The summed E-state index contributed by atoms with van der Waals surface area (Å²) in [4.78, 5) is 2.57. The van der Waals surface area contributed by atoms with Gasteiger partial charge in [0.2, 0.25) is 10.0 Å². The number of piperidine rings is 1. The molecule has 0 saturated carbocycles. The van der Waals surface area contributed by atoms with E-state index in [1.165, 1.54) is 25.1 Å². The average molecular weight is 283 g/mol. The minimum atomic E-state index is -3.60. The van der Waals surface area contributed by atoms with Gasteiger partial charge in [-0.15, -0.1) is 0 Å². The van der Waals surface area contributed by atoms with Gasteiger partial charge in [-0.3, -0.25) is 0 Å². The smallest absolute Gasteiger partial charge is 0.238 e. The number of benzene rings is 1. The lowest BCUT2D eigenvalue weighted by Gasteiger charge is -2.32. The first kappa shape index (κ1) is 14.3. The molecule has 0 spiro atoms. The summed E-state index contributed by atoms with van der Waals surface area (Å²) >= 11 is 0. The van der Waals surface area contributed by atoms with Gasteiger partial charge >= 0.3 is 0 Å². The molecule has 2 rings (SSSR count). The zero-order valence-electron chi connectivity index (χ0n) is 11.2. The van der Waals surface area contributed by atoms with Crippen LogP contribution in [-0.4, -0.2) is 39.0 Å². The number of nitrogens with two attached hydrogens (primary N) is 1. The number of anilines is 1. The van der Waals surface area contributed by atoms with Gasteiger partial charge in [-0.05, 0) is 50.2 Å². The molecular formula is C13H21N3O2S. The monoisotopic (exact) mass is 283 g/mol. The van der Waals surface area contributed by atoms with Gasteiger partial charge in [0, 0.05) is 18.3 Å². The summed E-state index contributed by atoms with van der Waals surface area (Å²) in [6.45, 7) is 5.44. The molecule has 6 heteroatoms. The van der Waals surface area contributed by atoms with Crippen molar-refractivity contribution in [2.75, 3.05) is 25.0 Å². The fourth-order valence-electron chi connectivity index (χ4n) is 2.44. The lowest BCUT2D eigenvalue weighted by molar-refractivity contribution is 0.227. The predicted molar refractivity (Wildman–Crippen MR) is 76.6 cm³/mol. The van der Waals surface area contributed by atoms with Gasteiger partial charge in [-0.2, -0.15) is 0 Å². The van der Waals surface area contributed by atoms with E-state index in [2.05, 4.69) is 17.1 Å². The highest BCUT2D eigenvalue weighted by Gasteiger charge is 2.18. The van der Waals surface area contributed by atoms with Crippen molar-refractivity contribution >= 4 is 15.7 Å². The van der Waals surface area contributed by atoms with Crippen molar-refractivity contribution < 1.29 is 8.42 Å². The molecule has 19 heavy (non-hydrogen) atoms. The Bertz CT molecular complexity index is 513. The molecule has 1 heterocycles. The van der Waals surface area contributed by atoms with Crippen LogP contribution < -0.4 is 10.5 Å². The standard InChI is InChI=1S/C13H21N3O2S/c1-2-16-9-3-4-12(10-16)15-11-5-7-13(8-6-11)19(14,17)18/h5-8,12,15H,2-4,9-10H2,1H3,(H2,14,17,18). The Morgan fingerprint density at radius 1 is 1.37 bits per heavy atom. The van der Waals surface area contributed by atoms with Gasteiger partial charge in [0.1, 0.15) is 0 Å². The van der Waals surface area contributed by atoms with Crippen LogP contribution in [0.25, 0.3) is 0 Å². The molecule has 0 radical (unpaired) electrons. The van der Waals surface area contributed by atoms with Crippen LogP contribution in [0.5, 0.6) is 0 Å². The maximum Gasteiger partial charge on any atom is 0.238 e. The van der Waals surface area contributed by atoms with E-state index >= 15 is 0 Å². The van der Waals surface area contributed by atoms with Crippen LogP contribution in [0.2, 0.25) is 0 Å². The summed E-state index contributed by atoms with van der Waals surface area (Å²) < 4.78 is 22.3. The average Bonchev–Trinajstić information content (AvgIpc) is 2.38. The lowest BCUT2D eigenvalue weighted by Crippen LogP contribution is -2.41. The minimum absolute atomic E-state index is 0.150. The van der Waals surface area contributed by atoms with E-state index in [0.717, 1.165) is 25.2 Å². The van der Waals surface area contributed by atoms with E-state index in [1.807, 2.05) is 0 Å². The molecular weight excluding hydrogens is 262 g/mol. The van der Waals surface area contributed by atoms with Crippen LogP contribution in [0, 0.1) is 0 Å².